The molecule has 2 aliphatic rings. The molecule has 170 valence electrons. The van der Waals surface area contributed by atoms with Crippen molar-refractivity contribution >= 4 is 35.3 Å². The predicted octanol–water partition coefficient (Wildman–Crippen LogP) is 2.32. The number of benzene rings is 1. The second-order valence-electron chi connectivity index (χ2n) is 8.14. The SMILES string of the molecule is O=C(O)CN1C(=O)[C@@H](N[C@@H](CCCCNC2CCCC2)C(=O)O)CSc2ccccc21. The zero-order valence-electron chi connectivity index (χ0n) is 17.6. The standard InChI is InChI=1S/C22H31N3O5S/c26-20(27)13-25-18-10-3-4-11-19(18)31-14-17(21(25)28)24-16(22(29)30)9-5-6-12-23-15-7-1-2-8-15/h3-4,10-11,15-17,23-24H,1-2,5-9,12-14H2,(H,26,27)(H,29,30)/t16-,17-/m0/s1. The number of fused-ring (bicyclic) bond motifs is 1. The smallest absolute Gasteiger partial charge is 0.323 e. The highest BCUT2D eigenvalue weighted by atomic mass is 32.2. The number of para-hydroxylation sites is 1. The summed E-state index contributed by atoms with van der Waals surface area (Å²) in [5.41, 5.74) is 0.550. The van der Waals surface area contributed by atoms with E-state index in [9.17, 15) is 24.6 Å². The Morgan fingerprint density at radius 3 is 2.61 bits per heavy atom. The number of hydrogen-bond acceptors (Lipinski definition) is 6. The van der Waals surface area contributed by atoms with Gasteiger partial charge >= 0.3 is 11.9 Å². The van der Waals surface area contributed by atoms with E-state index in [1.54, 1.807) is 12.1 Å². The van der Waals surface area contributed by atoms with Crippen molar-refractivity contribution in [2.75, 3.05) is 23.7 Å². The van der Waals surface area contributed by atoms with Crippen molar-refractivity contribution in [1.29, 1.82) is 0 Å². The fraction of sp³-hybridized carbons (Fsp3) is 0.591. The number of carbonyl (C=O) groups is 3. The number of amides is 1. The molecular weight excluding hydrogens is 418 g/mol. The van der Waals surface area contributed by atoms with Crippen LogP contribution in [0.4, 0.5) is 5.69 Å². The molecule has 4 N–H and O–H groups in total. The van der Waals surface area contributed by atoms with Crippen LogP contribution in [0.1, 0.15) is 44.9 Å². The van der Waals surface area contributed by atoms with E-state index in [4.69, 9.17) is 0 Å². The Kier molecular flexibility index (Phi) is 8.74. The predicted molar refractivity (Wildman–Crippen MR) is 120 cm³/mol. The lowest BCUT2D eigenvalue weighted by Gasteiger charge is -2.26. The molecule has 0 bridgehead atoms. The Hall–Kier alpha value is -2.10. The minimum absolute atomic E-state index is 0.346. The second kappa shape index (κ2) is 11.5. The summed E-state index contributed by atoms with van der Waals surface area (Å²) in [7, 11) is 0. The Morgan fingerprint density at radius 2 is 1.90 bits per heavy atom. The lowest BCUT2D eigenvalue weighted by molar-refractivity contribution is -0.140. The monoisotopic (exact) mass is 449 g/mol. The van der Waals surface area contributed by atoms with Crippen LogP contribution in [0.25, 0.3) is 0 Å². The van der Waals surface area contributed by atoms with Crippen molar-refractivity contribution in [2.24, 2.45) is 0 Å². The molecule has 9 heteroatoms. The van der Waals surface area contributed by atoms with Gasteiger partial charge in [-0.3, -0.25) is 24.6 Å². The van der Waals surface area contributed by atoms with Crippen LogP contribution in [0, 0.1) is 0 Å². The largest absolute Gasteiger partial charge is 0.480 e. The van der Waals surface area contributed by atoms with Crippen LogP contribution in [0.5, 0.6) is 0 Å². The number of aliphatic carboxylic acids is 2. The van der Waals surface area contributed by atoms with Crippen LogP contribution in [0.2, 0.25) is 0 Å². The summed E-state index contributed by atoms with van der Waals surface area (Å²) in [6.45, 7) is 0.413. The maximum Gasteiger partial charge on any atom is 0.323 e. The van der Waals surface area contributed by atoms with Gasteiger partial charge in [0.05, 0.1) is 11.7 Å². The number of carboxylic acids is 2. The first kappa shape index (κ1) is 23.6. The average molecular weight is 450 g/mol. The molecular formula is C22H31N3O5S. The van der Waals surface area contributed by atoms with E-state index >= 15 is 0 Å². The second-order valence-corrected chi connectivity index (χ2v) is 9.20. The van der Waals surface area contributed by atoms with E-state index in [2.05, 4.69) is 10.6 Å². The molecule has 0 radical (unpaired) electrons. The van der Waals surface area contributed by atoms with Crippen molar-refractivity contribution in [3.63, 3.8) is 0 Å². The molecule has 2 atom stereocenters. The van der Waals surface area contributed by atoms with Gasteiger partial charge in [0.15, 0.2) is 0 Å². The number of unbranched alkanes of at least 4 members (excludes halogenated alkanes) is 1. The first-order valence-electron chi connectivity index (χ1n) is 10.9. The molecule has 1 aliphatic heterocycles. The average Bonchev–Trinajstić information content (AvgIpc) is 3.22. The maximum absolute atomic E-state index is 13.1. The molecule has 1 heterocycles. The molecule has 0 unspecified atom stereocenters. The van der Waals surface area contributed by atoms with Crippen LogP contribution in [0.15, 0.2) is 29.2 Å². The van der Waals surface area contributed by atoms with Gasteiger partial charge in [-0.05, 0) is 44.4 Å². The summed E-state index contributed by atoms with van der Waals surface area (Å²) in [4.78, 5) is 38.3. The number of rotatable bonds is 11. The summed E-state index contributed by atoms with van der Waals surface area (Å²) in [5, 5.41) is 25.5. The molecule has 1 amide bonds. The van der Waals surface area contributed by atoms with E-state index in [0.29, 0.717) is 23.9 Å². The van der Waals surface area contributed by atoms with Crippen molar-refractivity contribution in [1.82, 2.24) is 10.6 Å². The van der Waals surface area contributed by atoms with Gasteiger partial charge in [-0.25, -0.2) is 0 Å². The number of carbonyl (C=O) groups excluding carboxylic acids is 1. The molecule has 1 saturated carbocycles. The number of carboxylic acid groups (broad SMARTS) is 2. The van der Waals surface area contributed by atoms with Gasteiger partial charge < -0.3 is 15.5 Å². The highest BCUT2D eigenvalue weighted by Gasteiger charge is 2.34. The minimum atomic E-state index is -1.11. The van der Waals surface area contributed by atoms with E-state index in [1.807, 2.05) is 12.1 Å². The number of nitrogens with zero attached hydrogens (tertiary/aromatic N) is 1. The van der Waals surface area contributed by atoms with E-state index in [0.717, 1.165) is 24.3 Å². The molecule has 1 fully saturated rings. The van der Waals surface area contributed by atoms with Crippen molar-refractivity contribution in [3.05, 3.63) is 24.3 Å². The molecule has 0 saturated heterocycles. The van der Waals surface area contributed by atoms with E-state index in [-0.39, 0.29) is 0 Å². The van der Waals surface area contributed by atoms with Gasteiger partial charge in [-0.1, -0.05) is 31.4 Å². The topological polar surface area (TPSA) is 119 Å². The zero-order chi connectivity index (χ0) is 22.2. The van der Waals surface area contributed by atoms with E-state index in [1.165, 1.54) is 42.3 Å². The van der Waals surface area contributed by atoms with Gasteiger partial charge in [0.25, 0.3) is 0 Å². The van der Waals surface area contributed by atoms with E-state index < -0.39 is 36.5 Å². The van der Waals surface area contributed by atoms with Crippen LogP contribution in [0.3, 0.4) is 0 Å². The number of hydrogen-bond donors (Lipinski definition) is 4. The molecule has 1 aromatic carbocycles. The van der Waals surface area contributed by atoms with Crippen LogP contribution in [-0.2, 0) is 14.4 Å². The summed E-state index contributed by atoms with van der Waals surface area (Å²) in [5.74, 6) is -2.17. The fourth-order valence-electron chi connectivity index (χ4n) is 4.20. The number of thioether (sulfide) groups is 1. The fourth-order valence-corrected chi connectivity index (χ4v) is 5.29. The molecule has 1 aromatic rings. The Bertz CT molecular complexity index is 784. The zero-order valence-corrected chi connectivity index (χ0v) is 18.4. The number of anilines is 1. The van der Waals surface area contributed by atoms with Crippen molar-refractivity contribution in [2.45, 2.75) is 68.0 Å². The summed E-state index contributed by atoms with van der Waals surface area (Å²) < 4.78 is 0. The highest BCUT2D eigenvalue weighted by molar-refractivity contribution is 7.99. The first-order chi connectivity index (χ1) is 15.0. The molecule has 1 aliphatic carbocycles. The quantitative estimate of drug-likeness (QED) is 0.380. The Labute approximate surface area is 186 Å². The summed E-state index contributed by atoms with van der Waals surface area (Å²) in [6.07, 6.45) is 7.02. The third kappa shape index (κ3) is 6.69. The van der Waals surface area contributed by atoms with Crippen LogP contribution < -0.4 is 15.5 Å². The third-order valence-corrected chi connectivity index (χ3v) is 6.98. The summed E-state index contributed by atoms with van der Waals surface area (Å²) in [6, 6.07) is 6.13. The molecule has 3 rings (SSSR count). The summed E-state index contributed by atoms with van der Waals surface area (Å²) >= 11 is 1.43. The molecule has 8 nitrogen and oxygen atoms in total. The van der Waals surface area contributed by atoms with Gasteiger partial charge in [-0.2, -0.15) is 0 Å². The van der Waals surface area contributed by atoms with Crippen LogP contribution >= 0.6 is 11.8 Å². The molecule has 31 heavy (non-hydrogen) atoms. The first-order valence-corrected chi connectivity index (χ1v) is 11.9. The van der Waals surface area contributed by atoms with Crippen LogP contribution in [-0.4, -0.2) is 65.0 Å². The molecule has 0 spiro atoms. The van der Waals surface area contributed by atoms with Gasteiger partial charge in [0.1, 0.15) is 12.6 Å². The van der Waals surface area contributed by atoms with Gasteiger partial charge in [-0.15, -0.1) is 11.8 Å². The highest BCUT2D eigenvalue weighted by Crippen LogP contribution is 2.34. The number of nitrogens with one attached hydrogen (secondary N) is 2. The third-order valence-electron chi connectivity index (χ3n) is 5.83. The molecule has 0 aromatic heterocycles. The van der Waals surface area contributed by atoms with Gasteiger partial charge in [0.2, 0.25) is 5.91 Å². The lowest BCUT2D eigenvalue weighted by Crippen LogP contribution is -2.53. The minimum Gasteiger partial charge on any atom is -0.480 e. The van der Waals surface area contributed by atoms with Gasteiger partial charge in [0, 0.05) is 16.7 Å². The lowest BCUT2D eigenvalue weighted by atomic mass is 10.1. The van der Waals surface area contributed by atoms with Crippen molar-refractivity contribution in [3.8, 4) is 0 Å². The normalized spacial score (nSPS) is 20.3. The van der Waals surface area contributed by atoms with Crippen molar-refractivity contribution < 1.29 is 24.6 Å². The maximum atomic E-state index is 13.1. The Morgan fingerprint density at radius 1 is 1.16 bits per heavy atom. The Balaban J connectivity index is 1.58.